The van der Waals surface area contributed by atoms with Crippen LogP contribution in [0, 0.1) is 11.8 Å². The molecule has 1 rings (SSSR count). The highest BCUT2D eigenvalue weighted by Crippen LogP contribution is 2.22. The molecule has 0 aliphatic rings. The number of carbonyl (C=O) groups is 2. The second-order valence-corrected chi connectivity index (χ2v) is 9.04. The van der Waals surface area contributed by atoms with E-state index in [0.29, 0.717) is 25.0 Å². The van der Waals surface area contributed by atoms with Gasteiger partial charge in [0.1, 0.15) is 0 Å². The number of unbranched alkanes of at least 4 members (excludes halogenated alkanes) is 4. The van der Waals surface area contributed by atoms with E-state index in [0.717, 1.165) is 44.1 Å². The molecule has 0 aromatic heterocycles. The van der Waals surface area contributed by atoms with Gasteiger partial charge in [0.15, 0.2) is 0 Å². The van der Waals surface area contributed by atoms with Crippen LogP contribution >= 0.6 is 0 Å². The molecule has 4 heteroatoms. The van der Waals surface area contributed by atoms with Crippen LogP contribution in [0.1, 0.15) is 97.0 Å². The molecule has 30 heavy (non-hydrogen) atoms. The molecule has 0 saturated heterocycles. The Bertz CT molecular complexity index is 580. The third-order valence-corrected chi connectivity index (χ3v) is 5.22. The smallest absolute Gasteiger partial charge is 0.314 e. The van der Waals surface area contributed by atoms with E-state index in [1.165, 1.54) is 12.8 Å². The number of hydrogen-bond donors (Lipinski definition) is 0. The maximum atomic E-state index is 12.7. The van der Waals surface area contributed by atoms with Crippen LogP contribution in [0.25, 0.3) is 0 Å². The Labute approximate surface area is 183 Å². The summed E-state index contributed by atoms with van der Waals surface area (Å²) in [6, 6.07) is 9.39. The summed E-state index contributed by atoms with van der Waals surface area (Å²) in [5, 5.41) is 0. The number of esters is 2. The summed E-state index contributed by atoms with van der Waals surface area (Å²) in [6.07, 6.45) is 8.59. The third kappa shape index (κ3) is 12.7. The summed E-state index contributed by atoms with van der Waals surface area (Å²) in [5.41, 5.74) is 0.802. The van der Waals surface area contributed by atoms with Crippen molar-refractivity contribution in [3.05, 3.63) is 35.9 Å². The summed E-state index contributed by atoms with van der Waals surface area (Å²) in [7, 11) is 0. The minimum absolute atomic E-state index is 0.0300. The van der Waals surface area contributed by atoms with Gasteiger partial charge in [0.2, 0.25) is 0 Å². The highest BCUT2D eigenvalue weighted by molar-refractivity contribution is 5.84. The van der Waals surface area contributed by atoms with E-state index in [2.05, 4.69) is 27.7 Å². The third-order valence-electron chi connectivity index (χ3n) is 5.22. The number of rotatable bonds is 16. The molecule has 1 atom stereocenters. The quantitative estimate of drug-likeness (QED) is 0.222. The van der Waals surface area contributed by atoms with Gasteiger partial charge in [0.05, 0.1) is 25.6 Å². The molecule has 0 N–H and O–H groups in total. The lowest BCUT2D eigenvalue weighted by Gasteiger charge is -2.16. The van der Waals surface area contributed by atoms with Crippen LogP contribution in [-0.2, 0) is 19.1 Å². The summed E-state index contributed by atoms with van der Waals surface area (Å²) in [4.78, 5) is 25.0. The van der Waals surface area contributed by atoms with Gasteiger partial charge in [-0.25, -0.2) is 0 Å². The molecule has 0 heterocycles. The highest BCUT2D eigenvalue weighted by Gasteiger charge is 2.26. The van der Waals surface area contributed by atoms with E-state index in [4.69, 9.17) is 9.47 Å². The monoisotopic (exact) mass is 418 g/mol. The molecule has 0 saturated carbocycles. The predicted molar refractivity (Wildman–Crippen MR) is 122 cm³/mol. The van der Waals surface area contributed by atoms with Crippen LogP contribution < -0.4 is 0 Å². The molecule has 170 valence electrons. The fourth-order valence-corrected chi connectivity index (χ4v) is 3.37. The maximum absolute atomic E-state index is 12.7. The summed E-state index contributed by atoms with van der Waals surface area (Å²) < 4.78 is 10.9. The highest BCUT2D eigenvalue weighted by atomic mass is 16.5. The average molecular weight is 419 g/mol. The van der Waals surface area contributed by atoms with Crippen molar-refractivity contribution in [3.63, 3.8) is 0 Å². The first-order chi connectivity index (χ1) is 14.4. The molecule has 0 aliphatic heterocycles. The van der Waals surface area contributed by atoms with E-state index in [1.54, 1.807) is 0 Å². The first kappa shape index (κ1) is 26.2. The maximum Gasteiger partial charge on any atom is 0.314 e. The van der Waals surface area contributed by atoms with Gasteiger partial charge in [-0.1, -0.05) is 96.6 Å². The van der Waals surface area contributed by atoms with Gasteiger partial charge in [0, 0.05) is 0 Å². The van der Waals surface area contributed by atoms with Crippen molar-refractivity contribution in [1.29, 1.82) is 0 Å². The largest absolute Gasteiger partial charge is 0.466 e. The van der Waals surface area contributed by atoms with Crippen LogP contribution in [-0.4, -0.2) is 25.2 Å². The molecule has 0 bridgehead atoms. The molecule has 0 fully saturated rings. The van der Waals surface area contributed by atoms with E-state index in [9.17, 15) is 9.59 Å². The Morgan fingerprint density at radius 1 is 0.733 bits per heavy atom. The molecule has 4 nitrogen and oxygen atoms in total. The van der Waals surface area contributed by atoms with Gasteiger partial charge < -0.3 is 9.47 Å². The number of hydrogen-bond acceptors (Lipinski definition) is 4. The number of benzene rings is 1. The van der Waals surface area contributed by atoms with Gasteiger partial charge in [-0.2, -0.15) is 0 Å². The predicted octanol–water partition coefficient (Wildman–Crippen LogP) is 6.68. The Hall–Kier alpha value is -1.84. The van der Waals surface area contributed by atoms with Crippen molar-refractivity contribution in [3.8, 4) is 0 Å². The molecule has 1 aromatic rings. The summed E-state index contributed by atoms with van der Waals surface area (Å²) in [6.45, 7) is 9.70. The fraction of sp³-hybridized carbons (Fsp3) is 0.692. The van der Waals surface area contributed by atoms with Crippen molar-refractivity contribution >= 4 is 11.9 Å². The van der Waals surface area contributed by atoms with Gasteiger partial charge in [-0.15, -0.1) is 0 Å². The van der Waals surface area contributed by atoms with Crippen molar-refractivity contribution in [2.24, 2.45) is 11.8 Å². The standard InChI is InChI=1S/C26H42O4/c1-21(2)14-8-6-12-18-29-25(27)20-24(23-16-10-5-11-17-23)26(28)30-19-13-7-9-15-22(3)4/h5,10-11,16-17,21-22,24H,6-9,12-15,18-20H2,1-4H3. The topological polar surface area (TPSA) is 52.6 Å². The van der Waals surface area contributed by atoms with Crippen molar-refractivity contribution in [2.45, 2.75) is 91.4 Å². The van der Waals surface area contributed by atoms with Crippen LogP contribution in [0.5, 0.6) is 0 Å². The van der Waals surface area contributed by atoms with Crippen molar-refractivity contribution in [1.82, 2.24) is 0 Å². The van der Waals surface area contributed by atoms with E-state index < -0.39 is 5.92 Å². The molecule has 0 aliphatic carbocycles. The molecule has 0 spiro atoms. The Kier molecular flexibility index (Phi) is 13.9. The molecule has 0 radical (unpaired) electrons. The van der Waals surface area contributed by atoms with Crippen LogP contribution in [0.2, 0.25) is 0 Å². The zero-order valence-corrected chi connectivity index (χ0v) is 19.5. The van der Waals surface area contributed by atoms with Crippen LogP contribution in [0.3, 0.4) is 0 Å². The van der Waals surface area contributed by atoms with Crippen LogP contribution in [0.4, 0.5) is 0 Å². The summed E-state index contributed by atoms with van der Waals surface area (Å²) in [5.74, 6) is 0.146. The van der Waals surface area contributed by atoms with Gasteiger partial charge in [-0.3, -0.25) is 9.59 Å². The average Bonchev–Trinajstić information content (AvgIpc) is 2.71. The first-order valence-electron chi connectivity index (χ1n) is 11.8. The lowest BCUT2D eigenvalue weighted by atomic mass is 9.96. The SMILES string of the molecule is CC(C)CCCCCOC(=O)CC(C(=O)OCCCCCC(C)C)c1ccccc1. The first-order valence-corrected chi connectivity index (χ1v) is 11.8. The molecular weight excluding hydrogens is 376 g/mol. The molecule has 0 amide bonds. The Morgan fingerprint density at radius 3 is 1.80 bits per heavy atom. The van der Waals surface area contributed by atoms with Gasteiger partial charge in [0.25, 0.3) is 0 Å². The second-order valence-electron chi connectivity index (χ2n) is 9.04. The minimum atomic E-state index is -0.602. The van der Waals surface area contributed by atoms with Crippen molar-refractivity contribution in [2.75, 3.05) is 13.2 Å². The molecular formula is C26H42O4. The number of ether oxygens (including phenoxy) is 2. The second kappa shape index (κ2) is 15.9. The fourth-order valence-electron chi connectivity index (χ4n) is 3.37. The number of carbonyl (C=O) groups excluding carboxylic acids is 2. The zero-order valence-electron chi connectivity index (χ0n) is 19.5. The zero-order chi connectivity index (χ0) is 22.2. The van der Waals surface area contributed by atoms with E-state index >= 15 is 0 Å². The lowest BCUT2D eigenvalue weighted by molar-refractivity contribution is -0.152. The van der Waals surface area contributed by atoms with Crippen LogP contribution in [0.15, 0.2) is 30.3 Å². The lowest BCUT2D eigenvalue weighted by Crippen LogP contribution is -2.21. The molecule has 1 unspecified atom stereocenters. The minimum Gasteiger partial charge on any atom is -0.466 e. The Balaban J connectivity index is 2.42. The van der Waals surface area contributed by atoms with Gasteiger partial charge >= 0.3 is 11.9 Å². The molecule has 1 aromatic carbocycles. The van der Waals surface area contributed by atoms with E-state index in [1.807, 2.05) is 30.3 Å². The van der Waals surface area contributed by atoms with E-state index in [-0.39, 0.29) is 18.4 Å². The Morgan fingerprint density at radius 2 is 1.27 bits per heavy atom. The summed E-state index contributed by atoms with van der Waals surface area (Å²) >= 11 is 0. The van der Waals surface area contributed by atoms with Gasteiger partial charge in [-0.05, 0) is 30.2 Å². The van der Waals surface area contributed by atoms with Crippen molar-refractivity contribution < 1.29 is 19.1 Å². The normalized spacial score (nSPS) is 12.2.